The second-order valence-corrected chi connectivity index (χ2v) is 5.38. The first-order valence-electron chi connectivity index (χ1n) is 7.33. The maximum atomic E-state index is 12.2. The maximum absolute atomic E-state index is 12.2. The topological polar surface area (TPSA) is 73.6 Å². The van der Waals surface area contributed by atoms with Crippen molar-refractivity contribution in [1.29, 1.82) is 0 Å². The Labute approximate surface area is 137 Å². The average molecular weight is 322 g/mol. The van der Waals surface area contributed by atoms with Gasteiger partial charge in [-0.05, 0) is 43.7 Å². The van der Waals surface area contributed by atoms with E-state index in [0.717, 1.165) is 0 Å². The number of ketones is 1. The van der Waals surface area contributed by atoms with Crippen molar-refractivity contribution in [2.75, 3.05) is 0 Å². The molecule has 0 aliphatic heterocycles. The third-order valence-corrected chi connectivity index (χ3v) is 3.65. The monoisotopic (exact) mass is 322 g/mol. The molecule has 0 aliphatic carbocycles. The number of carbonyl (C=O) groups is 2. The lowest BCUT2D eigenvalue weighted by Crippen LogP contribution is -2.12. The van der Waals surface area contributed by atoms with Gasteiger partial charge in [0.05, 0.1) is 5.56 Å². The van der Waals surface area contributed by atoms with Crippen molar-refractivity contribution < 1.29 is 18.7 Å². The summed E-state index contributed by atoms with van der Waals surface area (Å²) in [5.74, 6) is -0.879. The number of hydrogen-bond donors (Lipinski definition) is 0. The van der Waals surface area contributed by atoms with Crippen LogP contribution in [0.25, 0.3) is 11.0 Å². The number of ether oxygens (including phenoxy) is 1. The van der Waals surface area contributed by atoms with E-state index in [0.29, 0.717) is 16.5 Å². The summed E-state index contributed by atoms with van der Waals surface area (Å²) in [7, 11) is 0. The molecule has 0 spiro atoms. The van der Waals surface area contributed by atoms with E-state index in [-0.39, 0.29) is 22.7 Å². The van der Waals surface area contributed by atoms with Crippen LogP contribution in [0.5, 0.6) is 5.75 Å². The van der Waals surface area contributed by atoms with Crippen molar-refractivity contribution in [3.05, 3.63) is 75.6 Å². The largest absolute Gasteiger partial charge is 0.422 e. The molecule has 1 heterocycles. The molecule has 120 valence electrons. The van der Waals surface area contributed by atoms with E-state index in [1.165, 1.54) is 19.1 Å². The average Bonchev–Trinajstić information content (AvgIpc) is 2.54. The fourth-order valence-electron chi connectivity index (χ4n) is 2.52. The van der Waals surface area contributed by atoms with Crippen LogP contribution in [0.2, 0.25) is 0 Å². The Kier molecular flexibility index (Phi) is 4.00. The third-order valence-electron chi connectivity index (χ3n) is 3.65. The van der Waals surface area contributed by atoms with Crippen LogP contribution in [-0.4, -0.2) is 11.8 Å². The number of Topliss-reactive ketones (excluding diaryl/α,β-unsaturated/α-hetero) is 1. The number of aryl methyl sites for hydroxylation is 1. The SMILES string of the molecule is CC(=O)c1c(OC(=O)c2ccccc2)ccc2c(C)cc(=O)oc12. The molecule has 0 atom stereocenters. The fourth-order valence-corrected chi connectivity index (χ4v) is 2.52. The zero-order valence-electron chi connectivity index (χ0n) is 13.2. The van der Waals surface area contributed by atoms with Gasteiger partial charge in [0, 0.05) is 11.5 Å². The van der Waals surface area contributed by atoms with Gasteiger partial charge >= 0.3 is 11.6 Å². The van der Waals surface area contributed by atoms with Gasteiger partial charge in [-0.25, -0.2) is 9.59 Å². The van der Waals surface area contributed by atoms with E-state index >= 15 is 0 Å². The van der Waals surface area contributed by atoms with Crippen LogP contribution in [-0.2, 0) is 0 Å². The summed E-state index contributed by atoms with van der Waals surface area (Å²) < 4.78 is 10.6. The standard InChI is InChI=1S/C19H14O5/c1-11-10-16(21)24-18-14(11)8-9-15(17(18)12(2)20)23-19(22)13-6-4-3-5-7-13/h3-10H,1-2H3. The first-order valence-corrected chi connectivity index (χ1v) is 7.33. The second-order valence-electron chi connectivity index (χ2n) is 5.38. The van der Waals surface area contributed by atoms with Crippen molar-refractivity contribution in [3.8, 4) is 5.75 Å². The molecule has 0 fully saturated rings. The summed E-state index contributed by atoms with van der Waals surface area (Å²) in [6.45, 7) is 3.08. The van der Waals surface area contributed by atoms with Crippen molar-refractivity contribution in [2.45, 2.75) is 13.8 Å². The normalized spacial score (nSPS) is 10.6. The molecule has 0 N–H and O–H groups in total. The number of benzene rings is 2. The van der Waals surface area contributed by atoms with Gasteiger partial charge in [0.15, 0.2) is 11.4 Å². The molecule has 5 heteroatoms. The Morgan fingerprint density at radius 3 is 2.42 bits per heavy atom. The zero-order valence-corrected chi connectivity index (χ0v) is 13.2. The van der Waals surface area contributed by atoms with Crippen LogP contribution in [0.3, 0.4) is 0 Å². The highest BCUT2D eigenvalue weighted by atomic mass is 16.5. The van der Waals surface area contributed by atoms with Crippen LogP contribution >= 0.6 is 0 Å². The number of fused-ring (bicyclic) bond motifs is 1. The molecule has 5 nitrogen and oxygen atoms in total. The van der Waals surface area contributed by atoms with Gasteiger partial charge in [-0.3, -0.25) is 4.79 Å². The first kappa shape index (κ1) is 15.7. The Morgan fingerprint density at radius 2 is 1.75 bits per heavy atom. The van der Waals surface area contributed by atoms with Gasteiger partial charge < -0.3 is 9.15 Å². The summed E-state index contributed by atoms with van der Waals surface area (Å²) in [5, 5.41) is 0.624. The molecule has 0 radical (unpaired) electrons. The Hall–Kier alpha value is -3.21. The molecule has 0 aliphatic rings. The summed E-state index contributed by atoms with van der Waals surface area (Å²) >= 11 is 0. The van der Waals surface area contributed by atoms with Crippen LogP contribution in [0.4, 0.5) is 0 Å². The third kappa shape index (κ3) is 2.84. The van der Waals surface area contributed by atoms with Crippen LogP contribution in [0.1, 0.15) is 33.2 Å². The highest BCUT2D eigenvalue weighted by Gasteiger charge is 2.20. The van der Waals surface area contributed by atoms with Crippen molar-refractivity contribution in [1.82, 2.24) is 0 Å². The summed E-state index contributed by atoms with van der Waals surface area (Å²) in [6.07, 6.45) is 0. The van der Waals surface area contributed by atoms with E-state index in [1.54, 1.807) is 43.3 Å². The maximum Gasteiger partial charge on any atom is 0.343 e. The lowest BCUT2D eigenvalue weighted by atomic mass is 10.0. The molecule has 0 saturated carbocycles. The molecule has 24 heavy (non-hydrogen) atoms. The van der Waals surface area contributed by atoms with E-state index < -0.39 is 11.6 Å². The lowest BCUT2D eigenvalue weighted by Gasteiger charge is -2.11. The van der Waals surface area contributed by atoms with Gasteiger partial charge in [0.2, 0.25) is 0 Å². The molecule has 3 aromatic rings. The first-order chi connectivity index (χ1) is 11.5. The molecule has 0 unspecified atom stereocenters. The van der Waals surface area contributed by atoms with E-state index in [9.17, 15) is 14.4 Å². The number of rotatable bonds is 3. The Morgan fingerprint density at radius 1 is 1.04 bits per heavy atom. The lowest BCUT2D eigenvalue weighted by molar-refractivity contribution is 0.0733. The minimum atomic E-state index is -0.590. The van der Waals surface area contributed by atoms with Crippen LogP contribution in [0.15, 0.2) is 57.7 Å². The fraction of sp³-hybridized carbons (Fsp3) is 0.105. The number of esters is 1. The second kappa shape index (κ2) is 6.12. The van der Waals surface area contributed by atoms with Gasteiger partial charge in [-0.2, -0.15) is 0 Å². The highest BCUT2D eigenvalue weighted by molar-refractivity contribution is 6.08. The van der Waals surface area contributed by atoms with Crippen molar-refractivity contribution >= 4 is 22.7 Å². The molecule has 0 amide bonds. The van der Waals surface area contributed by atoms with Gasteiger partial charge in [-0.15, -0.1) is 0 Å². The summed E-state index contributed by atoms with van der Waals surface area (Å²) in [6, 6.07) is 13.0. The van der Waals surface area contributed by atoms with Gasteiger partial charge in [-0.1, -0.05) is 18.2 Å². The zero-order chi connectivity index (χ0) is 17.3. The minimum Gasteiger partial charge on any atom is -0.422 e. The minimum absolute atomic E-state index is 0.0672. The Bertz CT molecular complexity index is 999. The van der Waals surface area contributed by atoms with E-state index in [4.69, 9.17) is 9.15 Å². The molecule has 2 aromatic carbocycles. The summed E-state index contributed by atoms with van der Waals surface area (Å²) in [5.41, 5.74) is 0.694. The summed E-state index contributed by atoms with van der Waals surface area (Å²) in [4.78, 5) is 35.9. The van der Waals surface area contributed by atoms with Gasteiger partial charge in [0.1, 0.15) is 11.3 Å². The van der Waals surface area contributed by atoms with Crippen molar-refractivity contribution in [2.24, 2.45) is 0 Å². The molecular weight excluding hydrogens is 308 g/mol. The van der Waals surface area contributed by atoms with E-state index in [1.807, 2.05) is 0 Å². The number of carbonyl (C=O) groups excluding carboxylic acids is 2. The van der Waals surface area contributed by atoms with Crippen molar-refractivity contribution in [3.63, 3.8) is 0 Å². The van der Waals surface area contributed by atoms with E-state index in [2.05, 4.69) is 0 Å². The molecule has 0 saturated heterocycles. The predicted octanol–water partition coefficient (Wildman–Crippen LogP) is 3.52. The van der Waals surface area contributed by atoms with Crippen LogP contribution < -0.4 is 10.4 Å². The highest BCUT2D eigenvalue weighted by Crippen LogP contribution is 2.30. The quantitative estimate of drug-likeness (QED) is 0.319. The predicted molar refractivity (Wildman–Crippen MR) is 88.6 cm³/mol. The molecule has 1 aromatic heterocycles. The van der Waals surface area contributed by atoms with Gasteiger partial charge in [0.25, 0.3) is 0 Å². The Balaban J connectivity index is 2.15. The smallest absolute Gasteiger partial charge is 0.343 e. The molecule has 0 bridgehead atoms. The molecular formula is C19H14O5. The number of hydrogen-bond acceptors (Lipinski definition) is 5. The molecule has 3 rings (SSSR count). The van der Waals surface area contributed by atoms with Crippen LogP contribution in [0, 0.1) is 6.92 Å².